The molecule has 0 aliphatic carbocycles. The van der Waals surface area contributed by atoms with Gasteiger partial charge in [0.15, 0.2) is 5.78 Å². The number of ketones is 2. The van der Waals surface area contributed by atoms with E-state index in [1.807, 2.05) is 120 Å². The van der Waals surface area contributed by atoms with Gasteiger partial charge in [0.1, 0.15) is 5.78 Å². The topological polar surface area (TPSA) is 121 Å². The van der Waals surface area contributed by atoms with E-state index >= 15 is 0 Å². The van der Waals surface area contributed by atoms with Gasteiger partial charge in [-0.3, -0.25) is 24.0 Å². The van der Waals surface area contributed by atoms with E-state index < -0.39 is 0 Å². The highest BCUT2D eigenvalue weighted by Crippen LogP contribution is 2.04. The third kappa shape index (κ3) is 114. The van der Waals surface area contributed by atoms with Crippen LogP contribution in [-0.4, -0.2) is 47.9 Å². The monoisotopic (exact) mass is 1040 g/mol. The number of hydrogen-bond acceptors (Lipinski definition) is 5. The highest BCUT2D eigenvalue weighted by molar-refractivity contribution is 5.91. The molecule has 0 unspecified atom stereocenters. The summed E-state index contributed by atoms with van der Waals surface area (Å²) in [5, 5.41) is 8.41. The van der Waals surface area contributed by atoms with Gasteiger partial charge in [-0.25, -0.2) is 0 Å². The van der Waals surface area contributed by atoms with Crippen molar-refractivity contribution in [3.05, 3.63) is 72.9 Å². The number of allylic oxidation sites excluding steroid dienone is 9. The lowest BCUT2D eigenvalue weighted by atomic mass is 10.1. The van der Waals surface area contributed by atoms with Crippen LogP contribution in [0.25, 0.3) is 0 Å². The van der Waals surface area contributed by atoms with E-state index in [0.29, 0.717) is 60.7 Å². The van der Waals surface area contributed by atoms with Crippen LogP contribution in [0.2, 0.25) is 0 Å². The van der Waals surface area contributed by atoms with Crippen LogP contribution in [-0.2, 0) is 24.0 Å². The lowest BCUT2D eigenvalue weighted by Crippen LogP contribution is -2.29. The van der Waals surface area contributed by atoms with Crippen LogP contribution in [0, 0.1) is 59.2 Å². The van der Waals surface area contributed by atoms with Crippen molar-refractivity contribution in [2.75, 3.05) is 6.54 Å². The Morgan fingerprint density at radius 1 is 0.370 bits per heavy atom. The van der Waals surface area contributed by atoms with Crippen molar-refractivity contribution >= 4 is 29.3 Å². The number of carbonyl (C=O) groups excluding carboxylic acids is 5. The van der Waals surface area contributed by atoms with Crippen LogP contribution >= 0.6 is 0 Å². The number of hydrogen-bond donors (Lipinski definition) is 3. The first-order chi connectivity index (χ1) is 29.8. The van der Waals surface area contributed by atoms with Crippen molar-refractivity contribution in [1.29, 1.82) is 0 Å². The van der Waals surface area contributed by atoms with Crippen LogP contribution in [0.3, 0.4) is 0 Å². The Hall–Kier alpha value is -3.81. The van der Waals surface area contributed by atoms with E-state index in [1.54, 1.807) is 12.2 Å². The maximum absolute atomic E-state index is 11.1. The zero-order valence-corrected chi connectivity index (χ0v) is 46.7. The minimum Gasteiger partial charge on any atom is -0.354 e. The Labute approximate surface area is 462 Å². The summed E-state index contributed by atoms with van der Waals surface area (Å²) in [5.74, 6) is 5.20. The van der Waals surface area contributed by atoms with Gasteiger partial charge in [-0.05, 0) is 87.7 Å². The molecule has 8 nitrogen and oxygen atoms in total. The summed E-state index contributed by atoms with van der Waals surface area (Å²) in [7, 11) is 0. The third-order valence-corrected chi connectivity index (χ3v) is 7.60. The van der Waals surface area contributed by atoms with Crippen LogP contribution in [0.5, 0.6) is 0 Å². The number of Topliss-reactive ketones (excluding diaryl/α,β-unsaturated/α-hetero) is 1. The molecule has 0 radical (unpaired) electrons. The lowest BCUT2D eigenvalue weighted by Gasteiger charge is -2.05. The molecular formula is C65H139N3O5. The summed E-state index contributed by atoms with van der Waals surface area (Å²) in [5.41, 5.74) is 0. The second kappa shape index (κ2) is 70.3. The summed E-state index contributed by atoms with van der Waals surface area (Å²) in [6.45, 7) is 49.7. The quantitative estimate of drug-likeness (QED) is 0.0781. The molecule has 0 heterocycles. The van der Waals surface area contributed by atoms with E-state index in [2.05, 4.69) is 123 Å². The molecule has 8 heteroatoms. The van der Waals surface area contributed by atoms with Gasteiger partial charge < -0.3 is 16.0 Å². The minimum absolute atomic E-state index is 0. The van der Waals surface area contributed by atoms with E-state index in [4.69, 9.17) is 0 Å². The average molecular weight is 1040 g/mol. The van der Waals surface area contributed by atoms with Gasteiger partial charge in [-0.2, -0.15) is 0 Å². The van der Waals surface area contributed by atoms with E-state index in [1.165, 1.54) is 6.42 Å². The van der Waals surface area contributed by atoms with Crippen molar-refractivity contribution in [2.45, 2.75) is 257 Å². The van der Waals surface area contributed by atoms with Crippen LogP contribution in [0.4, 0.5) is 0 Å². The molecule has 73 heavy (non-hydrogen) atoms. The molecule has 0 saturated carbocycles. The number of nitrogens with one attached hydrogen (secondary N) is 3. The Bertz CT molecular complexity index is 1350. The van der Waals surface area contributed by atoms with Gasteiger partial charge in [-0.15, -0.1) is 0 Å². The van der Waals surface area contributed by atoms with E-state index in [-0.39, 0.29) is 113 Å². The van der Waals surface area contributed by atoms with Gasteiger partial charge in [0.05, 0.1) is 0 Å². The molecule has 0 spiro atoms. The van der Waals surface area contributed by atoms with Crippen LogP contribution in [0.1, 0.15) is 245 Å². The fourth-order valence-corrected chi connectivity index (χ4v) is 3.94. The Kier molecular flexibility index (Phi) is 102. The van der Waals surface area contributed by atoms with Crippen molar-refractivity contribution in [3.63, 3.8) is 0 Å². The molecule has 3 amide bonds. The first-order valence-corrected chi connectivity index (χ1v) is 24.7. The first-order valence-electron chi connectivity index (χ1n) is 24.7. The Balaban J connectivity index is -0.0000000468. The number of amides is 3. The molecule has 0 atom stereocenters. The zero-order valence-electron chi connectivity index (χ0n) is 46.7. The van der Waals surface area contributed by atoms with Gasteiger partial charge in [-0.1, -0.05) is 259 Å². The Morgan fingerprint density at radius 2 is 0.712 bits per heavy atom. The number of rotatable bonds is 21. The highest BCUT2D eigenvalue weighted by Gasteiger charge is 2.05. The van der Waals surface area contributed by atoms with Gasteiger partial charge in [0, 0.05) is 49.2 Å². The maximum Gasteiger partial charge on any atom is 0.243 e. The highest BCUT2D eigenvalue weighted by atomic mass is 16.2. The average Bonchev–Trinajstić information content (AvgIpc) is 3.14. The van der Waals surface area contributed by atoms with Gasteiger partial charge in [0.25, 0.3) is 0 Å². The largest absolute Gasteiger partial charge is 0.354 e. The summed E-state index contributed by atoms with van der Waals surface area (Å²) in [4.78, 5) is 55.1. The molecule has 0 aliphatic heterocycles. The predicted molar refractivity (Wildman–Crippen MR) is 341 cm³/mol. The van der Waals surface area contributed by atoms with Crippen molar-refractivity contribution in [2.24, 2.45) is 59.2 Å². The van der Waals surface area contributed by atoms with E-state index in [9.17, 15) is 24.0 Å². The second-order valence-corrected chi connectivity index (χ2v) is 20.4. The normalized spacial score (nSPS) is 10.4. The van der Waals surface area contributed by atoms with Crippen LogP contribution in [0.15, 0.2) is 72.9 Å². The minimum atomic E-state index is -0.00583. The molecule has 0 bridgehead atoms. The molecular weight excluding hydrogens is 903 g/mol. The van der Waals surface area contributed by atoms with Gasteiger partial charge in [0.2, 0.25) is 17.7 Å². The number of carbonyl (C=O) groups is 5. The van der Waals surface area contributed by atoms with E-state index in [0.717, 1.165) is 5.92 Å². The summed E-state index contributed by atoms with van der Waals surface area (Å²) in [6, 6.07) is 0.462. The molecule has 0 aromatic rings. The summed E-state index contributed by atoms with van der Waals surface area (Å²) in [6.07, 6.45) is 26.0. The van der Waals surface area contributed by atoms with Crippen molar-refractivity contribution in [3.8, 4) is 0 Å². The van der Waals surface area contributed by atoms with Gasteiger partial charge >= 0.3 is 0 Å². The molecule has 0 aromatic heterocycles. The molecule has 444 valence electrons. The van der Waals surface area contributed by atoms with Crippen molar-refractivity contribution < 1.29 is 24.0 Å². The fraction of sp³-hybridized carbons (Fsp3) is 0.738. The van der Waals surface area contributed by atoms with Crippen LogP contribution < -0.4 is 16.0 Å². The molecule has 0 aromatic carbocycles. The summed E-state index contributed by atoms with van der Waals surface area (Å²) < 4.78 is 0. The SMILES string of the molecule is C.C.C.C.C.C.C.C.CC(C)/C=C/C(=O)C(C)C.CC(C)/C=C/C(=O)NC(C)C.CC(C)/C=C/CC(=O)C(C)C.CC(C)/C=C/CC(=O)NC(C)C.CC(C)/C=C/CC(C)C.CC(C)/C=C/CNC(=O)C(C)C. The molecule has 3 N–H and O–H groups in total. The maximum atomic E-state index is 11.1. The third-order valence-electron chi connectivity index (χ3n) is 7.60. The molecule has 0 aliphatic rings. The lowest BCUT2D eigenvalue weighted by molar-refractivity contribution is -0.124. The van der Waals surface area contributed by atoms with Crippen molar-refractivity contribution in [1.82, 2.24) is 16.0 Å². The zero-order chi connectivity index (χ0) is 52.2. The molecule has 0 fully saturated rings. The molecule has 0 rings (SSSR count). The first kappa shape index (κ1) is 106. The summed E-state index contributed by atoms with van der Waals surface area (Å²) >= 11 is 0. The molecule has 0 saturated heterocycles. The smallest absolute Gasteiger partial charge is 0.243 e. The fourth-order valence-electron chi connectivity index (χ4n) is 3.94. The predicted octanol–water partition coefficient (Wildman–Crippen LogP) is 19.4. The second-order valence-electron chi connectivity index (χ2n) is 20.4. The Morgan fingerprint density at radius 3 is 1.03 bits per heavy atom. The standard InChI is InChI=1S/2C10H19NO.C10H18O.C9H17NO.C9H16O.C9H18.8CH4/c1-8(2)6-5-7-11-10(12)9(3)4;1-8(2)6-5-7-10(12)11-9(3)4;1-8(2)6-5-7-10(11)9(3)4;1-7(2)5-6-9(11)10-8(3)4;1-7(2)5-6-9(10)8(3)4;1-8(2)6-5-7-9(3)4;;;;;;;;/h2*5-6,8-9H,7H2,1-4H3,(H,11,12);5-6,8-9H,7H2,1-4H3;5-8H,1-4H3,(H,10,11);5-8H,1-4H3;5-6,8-9H,7H2,1-4H3;8*1H4/b6*6-5+;;;;;;;;.